The Morgan fingerprint density at radius 2 is 1.85 bits per heavy atom. The molecule has 0 aliphatic carbocycles. The van der Waals surface area contributed by atoms with Crippen molar-refractivity contribution in [3.05, 3.63) is 35.1 Å². The Morgan fingerprint density at radius 1 is 1.20 bits per heavy atom. The molecule has 0 unspecified atom stereocenters. The molecule has 1 saturated heterocycles. The summed E-state index contributed by atoms with van der Waals surface area (Å²) in [5.74, 6) is -0.269. The van der Waals surface area contributed by atoms with Crippen LogP contribution in [0.3, 0.4) is 0 Å². The van der Waals surface area contributed by atoms with Crippen molar-refractivity contribution in [2.45, 2.75) is 19.9 Å². The molecule has 0 radical (unpaired) electrons. The fraction of sp³-hybridized carbons (Fsp3) is 0.533. The zero-order valence-electron chi connectivity index (χ0n) is 11.9. The van der Waals surface area contributed by atoms with Gasteiger partial charge in [-0.3, -0.25) is 4.90 Å². The zero-order valence-corrected chi connectivity index (χ0v) is 12.8. The lowest BCUT2D eigenvalue weighted by atomic mass is 10.1. The lowest BCUT2D eigenvalue weighted by Gasteiger charge is -2.34. The highest BCUT2D eigenvalue weighted by Gasteiger charge is 2.16. The third-order valence-corrected chi connectivity index (χ3v) is 3.89. The Balaban J connectivity index is 1.96. The minimum absolute atomic E-state index is 0.249. The van der Waals surface area contributed by atoms with Gasteiger partial charge >= 0.3 is 0 Å². The second-order valence-electron chi connectivity index (χ2n) is 5.33. The summed E-state index contributed by atoms with van der Waals surface area (Å²) < 4.78 is 13.6. The maximum Gasteiger partial charge on any atom is 0.124 e. The van der Waals surface area contributed by atoms with Gasteiger partial charge in [-0.2, -0.15) is 0 Å². The van der Waals surface area contributed by atoms with Crippen LogP contribution in [-0.4, -0.2) is 47.5 Å². The minimum Gasteiger partial charge on any atom is -0.389 e. The first-order valence-electron chi connectivity index (χ1n) is 7.12. The van der Waals surface area contributed by atoms with E-state index in [1.165, 1.54) is 19.0 Å². The van der Waals surface area contributed by atoms with Gasteiger partial charge < -0.3 is 10.6 Å². The van der Waals surface area contributed by atoms with Crippen molar-refractivity contribution in [3.8, 4) is 0 Å². The highest BCUT2D eigenvalue weighted by Crippen LogP contribution is 2.13. The molecule has 0 saturated carbocycles. The number of piperazine rings is 1. The molecule has 20 heavy (non-hydrogen) atoms. The van der Waals surface area contributed by atoms with E-state index in [0.717, 1.165) is 38.3 Å². The van der Waals surface area contributed by atoms with Crippen molar-refractivity contribution >= 4 is 17.2 Å². The molecule has 1 aliphatic rings. The standard InChI is InChI=1S/C15H22FN3S/c1-2-3-18-4-6-19(7-5-18)11-12-8-13(15(17)20)10-14(16)9-12/h8-10H,2-7,11H2,1H3,(H2,17,20). The predicted octanol–water partition coefficient (Wildman–Crippen LogP) is 1.99. The van der Waals surface area contributed by atoms with E-state index in [-0.39, 0.29) is 10.8 Å². The number of nitrogens with two attached hydrogens (primary N) is 1. The summed E-state index contributed by atoms with van der Waals surface area (Å²) in [5, 5.41) is 0. The van der Waals surface area contributed by atoms with E-state index in [4.69, 9.17) is 18.0 Å². The lowest BCUT2D eigenvalue weighted by Crippen LogP contribution is -2.46. The van der Waals surface area contributed by atoms with Gasteiger partial charge in [0.1, 0.15) is 10.8 Å². The van der Waals surface area contributed by atoms with Gasteiger partial charge in [0.2, 0.25) is 0 Å². The van der Waals surface area contributed by atoms with Crippen LogP contribution in [0.4, 0.5) is 4.39 Å². The van der Waals surface area contributed by atoms with Gasteiger partial charge in [0, 0.05) is 38.3 Å². The van der Waals surface area contributed by atoms with Gasteiger partial charge in [0.25, 0.3) is 0 Å². The maximum atomic E-state index is 13.6. The molecule has 5 heteroatoms. The Hall–Kier alpha value is -1.04. The fourth-order valence-electron chi connectivity index (χ4n) is 2.63. The Kier molecular flexibility index (Phi) is 5.46. The molecule has 0 atom stereocenters. The first-order chi connectivity index (χ1) is 9.58. The molecule has 110 valence electrons. The van der Waals surface area contributed by atoms with Gasteiger partial charge in [-0.05, 0) is 36.7 Å². The van der Waals surface area contributed by atoms with Crippen LogP contribution in [0.1, 0.15) is 24.5 Å². The van der Waals surface area contributed by atoms with Crippen LogP contribution in [0.25, 0.3) is 0 Å². The molecule has 0 bridgehead atoms. The molecule has 1 aromatic rings. The van der Waals surface area contributed by atoms with Crippen molar-refractivity contribution in [1.29, 1.82) is 0 Å². The van der Waals surface area contributed by atoms with Crippen LogP contribution in [0.2, 0.25) is 0 Å². The largest absolute Gasteiger partial charge is 0.389 e. The SMILES string of the molecule is CCCN1CCN(Cc2cc(F)cc(C(N)=S)c2)CC1. The summed E-state index contributed by atoms with van der Waals surface area (Å²) in [6.07, 6.45) is 1.20. The van der Waals surface area contributed by atoms with Gasteiger partial charge in [-0.15, -0.1) is 0 Å². The number of hydrogen-bond acceptors (Lipinski definition) is 3. The molecule has 2 N–H and O–H groups in total. The summed E-state index contributed by atoms with van der Waals surface area (Å²) in [4.78, 5) is 5.07. The van der Waals surface area contributed by atoms with Crippen LogP contribution >= 0.6 is 12.2 Å². The summed E-state index contributed by atoms with van der Waals surface area (Å²) in [7, 11) is 0. The van der Waals surface area contributed by atoms with E-state index in [1.807, 2.05) is 6.07 Å². The third-order valence-electron chi connectivity index (χ3n) is 3.65. The van der Waals surface area contributed by atoms with Gasteiger partial charge in [0.05, 0.1) is 0 Å². The number of rotatable bonds is 5. The Morgan fingerprint density at radius 3 is 2.45 bits per heavy atom. The van der Waals surface area contributed by atoms with Crippen molar-refractivity contribution in [1.82, 2.24) is 9.80 Å². The molecule has 1 aromatic carbocycles. The summed E-state index contributed by atoms with van der Waals surface area (Å²) in [6, 6.07) is 4.86. The van der Waals surface area contributed by atoms with Crippen molar-refractivity contribution in [2.75, 3.05) is 32.7 Å². The zero-order chi connectivity index (χ0) is 14.5. The second kappa shape index (κ2) is 7.11. The smallest absolute Gasteiger partial charge is 0.124 e. The van der Waals surface area contributed by atoms with Crippen LogP contribution in [0.5, 0.6) is 0 Å². The molecule has 1 aliphatic heterocycles. The Bertz CT molecular complexity index is 470. The van der Waals surface area contributed by atoms with Crippen molar-refractivity contribution in [3.63, 3.8) is 0 Å². The first kappa shape index (κ1) is 15.4. The highest BCUT2D eigenvalue weighted by molar-refractivity contribution is 7.80. The predicted molar refractivity (Wildman–Crippen MR) is 84.3 cm³/mol. The molecular weight excluding hydrogens is 273 g/mol. The maximum absolute atomic E-state index is 13.6. The van der Waals surface area contributed by atoms with Gasteiger partial charge in [-0.25, -0.2) is 4.39 Å². The van der Waals surface area contributed by atoms with Crippen molar-refractivity contribution in [2.24, 2.45) is 5.73 Å². The topological polar surface area (TPSA) is 32.5 Å². The monoisotopic (exact) mass is 295 g/mol. The summed E-state index contributed by atoms with van der Waals surface area (Å²) >= 11 is 4.92. The van der Waals surface area contributed by atoms with E-state index in [2.05, 4.69) is 16.7 Å². The van der Waals surface area contributed by atoms with Crippen LogP contribution in [0.15, 0.2) is 18.2 Å². The average Bonchev–Trinajstić information content (AvgIpc) is 2.40. The van der Waals surface area contributed by atoms with E-state index in [1.54, 1.807) is 6.07 Å². The first-order valence-corrected chi connectivity index (χ1v) is 7.53. The number of halogens is 1. The third kappa shape index (κ3) is 4.23. The lowest BCUT2D eigenvalue weighted by molar-refractivity contribution is 0.127. The molecule has 1 heterocycles. The number of thiocarbonyl (C=S) groups is 1. The van der Waals surface area contributed by atoms with Gasteiger partial charge in [-0.1, -0.05) is 19.1 Å². The Labute approximate surface area is 125 Å². The molecule has 0 amide bonds. The van der Waals surface area contributed by atoms with Gasteiger partial charge in [0.15, 0.2) is 0 Å². The number of hydrogen-bond donors (Lipinski definition) is 1. The summed E-state index contributed by atoms with van der Waals surface area (Å²) in [6.45, 7) is 8.36. The summed E-state index contributed by atoms with van der Waals surface area (Å²) in [5.41, 5.74) is 7.13. The molecule has 0 aromatic heterocycles. The average molecular weight is 295 g/mol. The van der Waals surface area contributed by atoms with E-state index in [9.17, 15) is 4.39 Å². The number of benzene rings is 1. The van der Waals surface area contributed by atoms with Crippen LogP contribution < -0.4 is 5.73 Å². The molecule has 0 spiro atoms. The van der Waals surface area contributed by atoms with Crippen LogP contribution in [-0.2, 0) is 6.54 Å². The normalized spacial score (nSPS) is 17.3. The quantitative estimate of drug-likeness (QED) is 0.842. The van der Waals surface area contributed by atoms with Crippen LogP contribution in [0, 0.1) is 5.82 Å². The molecule has 2 rings (SSSR count). The minimum atomic E-state index is -0.269. The molecule has 3 nitrogen and oxygen atoms in total. The van der Waals surface area contributed by atoms with E-state index in [0.29, 0.717) is 5.56 Å². The highest BCUT2D eigenvalue weighted by atomic mass is 32.1. The van der Waals surface area contributed by atoms with E-state index < -0.39 is 0 Å². The fourth-order valence-corrected chi connectivity index (χ4v) is 2.75. The van der Waals surface area contributed by atoms with E-state index >= 15 is 0 Å². The van der Waals surface area contributed by atoms with Crippen molar-refractivity contribution < 1.29 is 4.39 Å². The molecular formula is C15H22FN3S. The second-order valence-corrected chi connectivity index (χ2v) is 5.77. The molecule has 1 fully saturated rings. The number of nitrogens with zero attached hydrogens (tertiary/aromatic N) is 2.